The molecule has 1 aliphatic heterocycles. The van der Waals surface area contributed by atoms with Gasteiger partial charge in [0, 0.05) is 39.2 Å². The minimum Gasteiger partial charge on any atom is -0.457 e. The highest BCUT2D eigenvalue weighted by Gasteiger charge is 2.44. The monoisotopic (exact) mass is 479 g/mol. The van der Waals surface area contributed by atoms with E-state index in [2.05, 4.69) is 5.32 Å². The lowest BCUT2D eigenvalue weighted by atomic mass is 10.1. The van der Waals surface area contributed by atoms with Crippen LogP contribution in [-0.2, 0) is 14.3 Å². The van der Waals surface area contributed by atoms with Crippen LogP contribution in [0.25, 0.3) is 5.69 Å². The largest absolute Gasteiger partial charge is 0.457 e. The number of carbonyl (C=O) groups is 4. The highest BCUT2D eigenvalue weighted by molar-refractivity contribution is 6.34. The summed E-state index contributed by atoms with van der Waals surface area (Å²) in [6, 6.07) is 6.23. The molecule has 3 rings (SSSR count). The molecule has 2 aromatic rings. The average Bonchev–Trinajstić information content (AvgIpc) is 3.08. The summed E-state index contributed by atoms with van der Waals surface area (Å²) < 4.78 is 6.92. The van der Waals surface area contributed by atoms with Crippen molar-refractivity contribution in [3.63, 3.8) is 0 Å². The molecule has 1 aromatic heterocycles. The topological polar surface area (TPSA) is 97.7 Å². The summed E-state index contributed by atoms with van der Waals surface area (Å²) >= 11 is 12.2. The third kappa shape index (κ3) is 4.81. The lowest BCUT2D eigenvalue weighted by Gasteiger charge is -2.15. The number of hydrogen-bond donors (Lipinski definition) is 1. The Hall–Kier alpha value is -2.84. The molecule has 1 N–H and O–H groups in total. The fourth-order valence-corrected chi connectivity index (χ4v) is 4.15. The molecule has 1 saturated heterocycles. The molecular formula is C22H23Cl2N3O5. The number of aromatic nitrogens is 1. The maximum atomic E-state index is 12.7. The smallest absolute Gasteiger partial charge is 0.325 e. The van der Waals surface area contributed by atoms with E-state index in [1.54, 1.807) is 45.0 Å². The molecule has 1 aromatic carbocycles. The van der Waals surface area contributed by atoms with Crippen LogP contribution in [0.3, 0.4) is 0 Å². The molecule has 10 heteroatoms. The maximum absolute atomic E-state index is 12.7. The van der Waals surface area contributed by atoms with E-state index >= 15 is 0 Å². The molecule has 0 aliphatic carbocycles. The SMILES string of the molecule is Cc1cc(C(=O)COC(=O)CCN2C(=O)NC(C)(C)C2=O)c(C)n1-c1cc(Cl)cc(Cl)c1. The van der Waals surface area contributed by atoms with Crippen molar-refractivity contribution >= 4 is 46.9 Å². The van der Waals surface area contributed by atoms with E-state index in [1.807, 2.05) is 11.5 Å². The summed E-state index contributed by atoms with van der Waals surface area (Å²) in [6.45, 7) is 6.20. The Morgan fingerprint density at radius 3 is 2.25 bits per heavy atom. The fourth-order valence-electron chi connectivity index (χ4n) is 3.63. The van der Waals surface area contributed by atoms with Gasteiger partial charge >= 0.3 is 12.0 Å². The first-order valence-corrected chi connectivity index (χ1v) is 10.6. The van der Waals surface area contributed by atoms with E-state index in [1.165, 1.54) is 0 Å². The molecule has 3 amide bonds. The normalized spacial score (nSPS) is 15.1. The molecule has 0 bridgehead atoms. The molecule has 2 heterocycles. The van der Waals surface area contributed by atoms with Gasteiger partial charge in [0.25, 0.3) is 5.91 Å². The first-order valence-electron chi connectivity index (χ1n) is 9.89. The number of imide groups is 1. The first kappa shape index (κ1) is 23.8. The molecule has 1 aliphatic rings. The predicted octanol–water partition coefficient (Wildman–Crippen LogP) is 3.85. The van der Waals surface area contributed by atoms with Crippen molar-refractivity contribution in [3.8, 4) is 5.69 Å². The number of aryl methyl sites for hydroxylation is 1. The van der Waals surface area contributed by atoms with Gasteiger partial charge in [-0.15, -0.1) is 0 Å². The Kier molecular flexibility index (Phi) is 6.67. The zero-order valence-corrected chi connectivity index (χ0v) is 19.6. The van der Waals surface area contributed by atoms with E-state index in [0.29, 0.717) is 27.0 Å². The van der Waals surface area contributed by atoms with Crippen molar-refractivity contribution in [1.82, 2.24) is 14.8 Å². The number of hydrogen-bond acceptors (Lipinski definition) is 5. The molecule has 32 heavy (non-hydrogen) atoms. The van der Waals surface area contributed by atoms with Crippen LogP contribution in [0.5, 0.6) is 0 Å². The number of nitrogens with zero attached hydrogens (tertiary/aromatic N) is 2. The Bertz CT molecular complexity index is 1100. The quantitative estimate of drug-likeness (QED) is 0.369. The van der Waals surface area contributed by atoms with Crippen LogP contribution in [0.2, 0.25) is 10.0 Å². The number of halogens is 2. The second-order valence-electron chi connectivity index (χ2n) is 8.09. The lowest BCUT2D eigenvalue weighted by molar-refractivity contribution is -0.143. The number of carbonyl (C=O) groups excluding carboxylic acids is 4. The molecule has 0 unspecified atom stereocenters. The van der Waals surface area contributed by atoms with Crippen LogP contribution in [0, 0.1) is 13.8 Å². The molecule has 0 atom stereocenters. The molecule has 8 nitrogen and oxygen atoms in total. The standard InChI is InChI=1S/C22H23Cl2N3O5/c1-12-7-17(13(2)27(12)16-9-14(23)8-15(24)10-16)18(28)11-32-19(29)5-6-26-20(30)22(3,4)25-21(26)31/h7-10H,5-6,11H2,1-4H3,(H,25,31). The second-order valence-corrected chi connectivity index (χ2v) is 8.97. The van der Waals surface area contributed by atoms with E-state index in [4.69, 9.17) is 27.9 Å². The van der Waals surface area contributed by atoms with E-state index in [0.717, 1.165) is 10.6 Å². The fraction of sp³-hybridized carbons (Fsp3) is 0.364. The molecular weight excluding hydrogens is 457 g/mol. The number of nitrogens with one attached hydrogen (secondary N) is 1. The average molecular weight is 480 g/mol. The first-order chi connectivity index (χ1) is 14.9. The number of benzene rings is 1. The zero-order chi connectivity index (χ0) is 23.8. The van der Waals surface area contributed by atoms with Crippen molar-refractivity contribution in [2.45, 2.75) is 39.7 Å². The lowest BCUT2D eigenvalue weighted by Crippen LogP contribution is -2.40. The molecule has 0 saturated carbocycles. The highest BCUT2D eigenvalue weighted by atomic mass is 35.5. The minimum atomic E-state index is -1.01. The number of urea groups is 1. The Balaban J connectivity index is 1.62. The van der Waals surface area contributed by atoms with Crippen LogP contribution in [0.4, 0.5) is 4.79 Å². The summed E-state index contributed by atoms with van der Waals surface area (Å²) in [5.74, 6) is -1.47. The molecule has 170 valence electrons. The van der Waals surface area contributed by atoms with Gasteiger partial charge in [0.15, 0.2) is 6.61 Å². The predicted molar refractivity (Wildman–Crippen MR) is 119 cm³/mol. The number of esters is 1. The number of Topliss-reactive ketones (excluding diaryl/α,β-unsaturated/α-hetero) is 1. The van der Waals surface area contributed by atoms with Gasteiger partial charge in [0.2, 0.25) is 5.78 Å². The van der Waals surface area contributed by atoms with Gasteiger partial charge in [0.05, 0.1) is 6.42 Å². The number of ketones is 1. The van der Waals surface area contributed by atoms with Gasteiger partial charge in [-0.2, -0.15) is 0 Å². The third-order valence-electron chi connectivity index (χ3n) is 5.19. The van der Waals surface area contributed by atoms with Crippen molar-refractivity contribution in [3.05, 3.63) is 51.3 Å². The molecule has 0 radical (unpaired) electrons. The summed E-state index contributed by atoms with van der Waals surface area (Å²) in [5, 5.41) is 3.47. The second kappa shape index (κ2) is 8.96. The van der Waals surface area contributed by atoms with Crippen molar-refractivity contribution < 1.29 is 23.9 Å². The summed E-state index contributed by atoms with van der Waals surface area (Å²) in [4.78, 5) is 49.7. The number of rotatable bonds is 7. The zero-order valence-electron chi connectivity index (χ0n) is 18.1. The Morgan fingerprint density at radius 1 is 1.06 bits per heavy atom. The Morgan fingerprint density at radius 2 is 1.69 bits per heavy atom. The van der Waals surface area contributed by atoms with Crippen molar-refractivity contribution in [2.24, 2.45) is 0 Å². The maximum Gasteiger partial charge on any atom is 0.325 e. The van der Waals surface area contributed by atoms with E-state index in [-0.39, 0.29) is 18.7 Å². The van der Waals surface area contributed by atoms with Gasteiger partial charge in [-0.1, -0.05) is 23.2 Å². The number of ether oxygens (including phenoxy) is 1. The Labute approximate surface area is 195 Å². The van der Waals surface area contributed by atoms with Crippen LogP contribution in [-0.4, -0.2) is 51.8 Å². The van der Waals surface area contributed by atoms with Crippen molar-refractivity contribution in [1.29, 1.82) is 0 Å². The van der Waals surface area contributed by atoms with Crippen LogP contribution < -0.4 is 5.32 Å². The van der Waals surface area contributed by atoms with Gasteiger partial charge < -0.3 is 14.6 Å². The van der Waals surface area contributed by atoms with Crippen LogP contribution in [0.1, 0.15) is 42.0 Å². The summed E-state index contributed by atoms with van der Waals surface area (Å²) in [6.07, 6.45) is -0.206. The van der Waals surface area contributed by atoms with Gasteiger partial charge in [0.1, 0.15) is 5.54 Å². The van der Waals surface area contributed by atoms with Crippen LogP contribution in [0.15, 0.2) is 24.3 Å². The van der Waals surface area contributed by atoms with E-state index < -0.39 is 30.1 Å². The number of amides is 3. The molecule has 1 fully saturated rings. The van der Waals surface area contributed by atoms with E-state index in [9.17, 15) is 19.2 Å². The van der Waals surface area contributed by atoms with Gasteiger partial charge in [-0.3, -0.25) is 19.3 Å². The summed E-state index contributed by atoms with van der Waals surface area (Å²) in [5.41, 5.74) is 1.56. The minimum absolute atomic E-state index is 0.120. The third-order valence-corrected chi connectivity index (χ3v) is 5.62. The molecule has 0 spiro atoms. The van der Waals surface area contributed by atoms with Crippen molar-refractivity contribution in [2.75, 3.05) is 13.2 Å². The van der Waals surface area contributed by atoms with Gasteiger partial charge in [-0.25, -0.2) is 4.79 Å². The highest BCUT2D eigenvalue weighted by Crippen LogP contribution is 2.26. The van der Waals surface area contributed by atoms with Gasteiger partial charge in [-0.05, 0) is 52.0 Å². The summed E-state index contributed by atoms with van der Waals surface area (Å²) in [7, 11) is 0. The van der Waals surface area contributed by atoms with Crippen LogP contribution >= 0.6 is 23.2 Å².